The Labute approximate surface area is 255 Å². The number of anilines is 2. The Morgan fingerprint density at radius 2 is 1.98 bits per heavy atom. The van der Waals surface area contributed by atoms with Gasteiger partial charge in [-0.25, -0.2) is 9.97 Å². The molecule has 10 heteroatoms. The SMILES string of the molecule is COc1cc(C(=O)N2CC3CCC2[C@@H]3C)cc2nc(-c3cc4ccc(Nc5ccncc5CO)nc4n3CC3CC3)n(C)c12. The molecule has 2 saturated carbocycles. The molecule has 2 bridgehead atoms. The van der Waals surface area contributed by atoms with Crippen LogP contribution in [0.4, 0.5) is 11.5 Å². The Morgan fingerprint density at radius 3 is 2.70 bits per heavy atom. The van der Waals surface area contributed by atoms with Gasteiger partial charge in [-0.15, -0.1) is 0 Å². The van der Waals surface area contributed by atoms with E-state index < -0.39 is 0 Å². The minimum absolute atomic E-state index is 0.0714. The van der Waals surface area contributed by atoms with Crippen molar-refractivity contribution in [3.05, 3.63) is 59.9 Å². The summed E-state index contributed by atoms with van der Waals surface area (Å²) in [5.74, 6) is 4.00. The van der Waals surface area contributed by atoms with E-state index in [0.717, 1.165) is 58.8 Å². The van der Waals surface area contributed by atoms with E-state index in [9.17, 15) is 9.90 Å². The van der Waals surface area contributed by atoms with E-state index in [1.54, 1.807) is 19.5 Å². The number of aliphatic hydroxyl groups excluding tert-OH is 1. The fraction of sp³-hybridized carbons (Fsp3) is 0.412. The van der Waals surface area contributed by atoms with Gasteiger partial charge in [-0.2, -0.15) is 0 Å². The van der Waals surface area contributed by atoms with Crippen LogP contribution in [0.3, 0.4) is 0 Å². The second kappa shape index (κ2) is 10.3. The van der Waals surface area contributed by atoms with E-state index in [1.165, 1.54) is 19.3 Å². The lowest BCUT2D eigenvalue weighted by molar-refractivity contribution is 0.0696. The van der Waals surface area contributed by atoms with E-state index in [1.807, 2.05) is 31.3 Å². The van der Waals surface area contributed by atoms with Crippen LogP contribution in [0.1, 0.15) is 48.5 Å². The Kier molecular flexibility index (Phi) is 6.37. The van der Waals surface area contributed by atoms with Crippen molar-refractivity contribution in [2.75, 3.05) is 19.0 Å². The number of amides is 1. The van der Waals surface area contributed by atoms with Crippen LogP contribution in [-0.2, 0) is 20.2 Å². The molecule has 2 unspecified atom stereocenters. The van der Waals surface area contributed by atoms with Crippen molar-refractivity contribution in [2.24, 2.45) is 24.8 Å². The van der Waals surface area contributed by atoms with Gasteiger partial charge in [0, 0.05) is 60.8 Å². The van der Waals surface area contributed by atoms with Crippen molar-refractivity contribution in [3.63, 3.8) is 0 Å². The van der Waals surface area contributed by atoms with Gasteiger partial charge in [-0.05, 0) is 79.8 Å². The van der Waals surface area contributed by atoms with E-state index in [0.29, 0.717) is 46.5 Å². The number of fused-ring (bicyclic) bond motifs is 4. The molecule has 3 atom stereocenters. The van der Waals surface area contributed by atoms with Crippen LogP contribution in [0.2, 0.25) is 0 Å². The topological polar surface area (TPSA) is 110 Å². The molecule has 0 spiro atoms. The smallest absolute Gasteiger partial charge is 0.254 e. The number of nitrogens with zero attached hydrogens (tertiary/aromatic N) is 6. The maximum absolute atomic E-state index is 13.8. The molecule has 5 heterocycles. The number of methoxy groups -OCH3 is 1. The standard InChI is InChI=1S/C34H37N7O3/c1-19-22-6-8-27(19)41(17-22)34(43)23-12-26-31(29(14-23)44-3)39(2)33(37-26)28-13-21-7-9-30(36-25-10-11-35-15-24(25)18-42)38-32(21)40(28)16-20-4-5-20/h7,9-15,19-20,22,27,42H,4-6,8,16-18H2,1-3H3,(H,35,36,38)/t19-,22?,27?/m1/s1. The summed E-state index contributed by atoms with van der Waals surface area (Å²) in [7, 11) is 3.67. The summed E-state index contributed by atoms with van der Waals surface area (Å²) in [6.45, 7) is 3.87. The third-order valence-electron chi connectivity index (χ3n) is 10.1. The molecule has 2 aliphatic carbocycles. The van der Waals surface area contributed by atoms with Crippen molar-refractivity contribution < 1.29 is 14.6 Å². The number of aliphatic hydroxyl groups is 1. The van der Waals surface area contributed by atoms with Gasteiger partial charge in [0.05, 0.1) is 24.9 Å². The number of aromatic nitrogens is 5. The Balaban J connectivity index is 1.21. The fourth-order valence-corrected chi connectivity index (χ4v) is 7.47. The first kappa shape index (κ1) is 27.1. The first-order valence-corrected chi connectivity index (χ1v) is 15.6. The molecular formula is C34H37N7O3. The van der Waals surface area contributed by atoms with E-state index in [-0.39, 0.29) is 12.5 Å². The maximum atomic E-state index is 13.8. The summed E-state index contributed by atoms with van der Waals surface area (Å²) in [6.07, 6.45) is 8.06. The van der Waals surface area contributed by atoms with Gasteiger partial charge < -0.3 is 29.2 Å². The van der Waals surface area contributed by atoms with Crippen LogP contribution in [0.15, 0.2) is 48.8 Å². The van der Waals surface area contributed by atoms with Gasteiger partial charge in [-0.3, -0.25) is 9.78 Å². The summed E-state index contributed by atoms with van der Waals surface area (Å²) in [5.41, 5.74) is 5.59. The quantitative estimate of drug-likeness (QED) is 0.245. The lowest BCUT2D eigenvalue weighted by atomic mass is 10.0. The molecule has 3 aliphatic rings. The summed E-state index contributed by atoms with van der Waals surface area (Å²) < 4.78 is 10.2. The highest BCUT2D eigenvalue weighted by atomic mass is 16.5. The van der Waals surface area contributed by atoms with Gasteiger partial charge in [0.25, 0.3) is 5.91 Å². The van der Waals surface area contributed by atoms with E-state index in [4.69, 9.17) is 14.7 Å². The number of pyridine rings is 2. The molecule has 1 aliphatic heterocycles. The largest absolute Gasteiger partial charge is 0.494 e. The number of nitrogens with one attached hydrogen (secondary N) is 1. The summed E-state index contributed by atoms with van der Waals surface area (Å²) >= 11 is 0. The molecule has 0 radical (unpaired) electrons. The highest BCUT2D eigenvalue weighted by Crippen LogP contribution is 2.44. The maximum Gasteiger partial charge on any atom is 0.254 e. The van der Waals surface area contributed by atoms with Crippen LogP contribution in [0.5, 0.6) is 5.75 Å². The minimum Gasteiger partial charge on any atom is -0.494 e. The number of hydrogen-bond acceptors (Lipinski definition) is 7. The summed E-state index contributed by atoms with van der Waals surface area (Å²) in [4.78, 5) is 30.1. The number of likely N-dealkylation sites (tertiary alicyclic amines) is 1. The van der Waals surface area contributed by atoms with Crippen molar-refractivity contribution in [1.29, 1.82) is 0 Å². The number of piperidine rings is 1. The van der Waals surface area contributed by atoms with Crippen molar-refractivity contribution in [1.82, 2.24) is 29.0 Å². The average molecular weight is 592 g/mol. The Bertz CT molecular complexity index is 1920. The lowest BCUT2D eigenvalue weighted by Crippen LogP contribution is -2.38. The number of aryl methyl sites for hydroxylation is 1. The van der Waals surface area contributed by atoms with Gasteiger partial charge in [-0.1, -0.05) is 6.92 Å². The zero-order valence-electron chi connectivity index (χ0n) is 25.3. The monoisotopic (exact) mass is 591 g/mol. The molecule has 3 fully saturated rings. The van der Waals surface area contributed by atoms with Crippen molar-refractivity contribution in [3.8, 4) is 17.3 Å². The lowest BCUT2D eigenvalue weighted by Gasteiger charge is -2.27. The Hall–Kier alpha value is -4.44. The Morgan fingerprint density at radius 1 is 1.11 bits per heavy atom. The third-order valence-corrected chi connectivity index (χ3v) is 10.1. The van der Waals surface area contributed by atoms with Crippen LogP contribution < -0.4 is 10.1 Å². The molecule has 10 nitrogen and oxygen atoms in total. The molecule has 226 valence electrons. The highest BCUT2D eigenvalue weighted by Gasteiger charge is 2.46. The first-order valence-electron chi connectivity index (χ1n) is 15.6. The molecule has 5 aromatic rings. The molecular weight excluding hydrogens is 554 g/mol. The first-order chi connectivity index (χ1) is 21.4. The molecule has 1 aromatic carbocycles. The van der Waals surface area contributed by atoms with Crippen LogP contribution in [-0.4, -0.2) is 59.7 Å². The summed E-state index contributed by atoms with van der Waals surface area (Å²) in [5, 5.41) is 14.2. The fourth-order valence-electron chi connectivity index (χ4n) is 7.47. The van der Waals surface area contributed by atoms with Gasteiger partial charge >= 0.3 is 0 Å². The van der Waals surface area contributed by atoms with Gasteiger partial charge in [0.2, 0.25) is 0 Å². The zero-order valence-corrected chi connectivity index (χ0v) is 25.3. The second-order valence-electron chi connectivity index (χ2n) is 12.8. The average Bonchev–Trinajstić information content (AvgIpc) is 3.45. The van der Waals surface area contributed by atoms with E-state index in [2.05, 4.69) is 43.4 Å². The third kappa shape index (κ3) is 4.34. The zero-order chi connectivity index (χ0) is 30.1. The summed E-state index contributed by atoms with van der Waals surface area (Å²) in [6, 6.07) is 12.2. The number of rotatable bonds is 8. The predicted octanol–water partition coefficient (Wildman–Crippen LogP) is 5.51. The normalized spacial score (nSPS) is 21.1. The number of ether oxygens (including phenoxy) is 1. The van der Waals surface area contributed by atoms with Crippen LogP contribution in [0, 0.1) is 17.8 Å². The predicted molar refractivity (Wildman–Crippen MR) is 169 cm³/mol. The van der Waals surface area contributed by atoms with Gasteiger partial charge in [0.1, 0.15) is 22.7 Å². The molecule has 4 aromatic heterocycles. The number of carbonyl (C=O) groups is 1. The van der Waals surface area contributed by atoms with Crippen LogP contribution >= 0.6 is 0 Å². The second-order valence-corrected chi connectivity index (χ2v) is 12.8. The molecule has 44 heavy (non-hydrogen) atoms. The van der Waals surface area contributed by atoms with Crippen molar-refractivity contribution in [2.45, 2.75) is 51.8 Å². The van der Waals surface area contributed by atoms with E-state index >= 15 is 0 Å². The number of benzene rings is 1. The number of imidazole rings is 1. The van der Waals surface area contributed by atoms with Gasteiger partial charge in [0.15, 0.2) is 5.82 Å². The molecule has 2 N–H and O–H groups in total. The van der Waals surface area contributed by atoms with Crippen LogP contribution in [0.25, 0.3) is 33.6 Å². The number of hydrogen-bond donors (Lipinski definition) is 2. The number of carbonyl (C=O) groups excluding carboxylic acids is 1. The minimum atomic E-state index is -0.109. The highest BCUT2D eigenvalue weighted by molar-refractivity contribution is 6.00. The van der Waals surface area contributed by atoms with Crippen molar-refractivity contribution >= 4 is 39.5 Å². The molecule has 1 saturated heterocycles. The molecule has 8 rings (SSSR count). The molecule has 1 amide bonds.